The summed E-state index contributed by atoms with van der Waals surface area (Å²) in [6, 6.07) is 10.4. The van der Waals surface area contributed by atoms with E-state index in [1.165, 1.54) is 10.6 Å². The lowest BCUT2D eigenvalue weighted by Crippen LogP contribution is -2.15. The van der Waals surface area contributed by atoms with Gasteiger partial charge in [0.25, 0.3) is 0 Å². The fourth-order valence-corrected chi connectivity index (χ4v) is 2.48. The first kappa shape index (κ1) is 10.6. The largest absolute Gasteiger partial charge is 0.291 e. The van der Waals surface area contributed by atoms with E-state index in [9.17, 15) is 0 Å². The second-order valence-corrected chi connectivity index (χ2v) is 5.80. The fourth-order valence-electron chi connectivity index (χ4n) is 1.40. The van der Waals surface area contributed by atoms with Gasteiger partial charge in [-0.25, -0.2) is 0 Å². The number of rotatable bonds is 1. The van der Waals surface area contributed by atoms with Crippen LogP contribution in [0.2, 0.25) is 0 Å². The van der Waals surface area contributed by atoms with E-state index in [4.69, 9.17) is 0 Å². The van der Waals surface area contributed by atoms with E-state index in [2.05, 4.69) is 55.6 Å². The molecule has 0 saturated carbocycles. The summed E-state index contributed by atoms with van der Waals surface area (Å²) >= 11 is 1.81. The zero-order valence-electron chi connectivity index (χ0n) is 9.32. The molecule has 2 nitrogen and oxygen atoms in total. The SMILES string of the molecule is CC(C)(C)C1=NNC(c2ccccc2)S1. The average molecular weight is 220 g/mol. The Morgan fingerprint density at radius 1 is 1.20 bits per heavy atom. The minimum absolute atomic E-state index is 0.140. The van der Waals surface area contributed by atoms with Crippen LogP contribution in [0.4, 0.5) is 0 Å². The van der Waals surface area contributed by atoms with Gasteiger partial charge < -0.3 is 0 Å². The molecule has 0 aromatic heterocycles. The van der Waals surface area contributed by atoms with E-state index in [1.807, 2.05) is 17.8 Å². The first-order valence-corrected chi connectivity index (χ1v) is 6.00. The first-order valence-electron chi connectivity index (χ1n) is 5.13. The Bertz CT molecular complexity index is 365. The molecule has 1 heterocycles. The summed E-state index contributed by atoms with van der Waals surface area (Å²) in [5, 5.41) is 5.85. The predicted molar refractivity (Wildman–Crippen MR) is 66.8 cm³/mol. The van der Waals surface area contributed by atoms with E-state index >= 15 is 0 Å². The third-order valence-electron chi connectivity index (χ3n) is 2.26. The van der Waals surface area contributed by atoms with Crippen molar-refractivity contribution < 1.29 is 0 Å². The molecule has 1 aliphatic heterocycles. The van der Waals surface area contributed by atoms with Crippen molar-refractivity contribution in [1.82, 2.24) is 5.43 Å². The van der Waals surface area contributed by atoms with Gasteiger partial charge in [0.1, 0.15) is 10.4 Å². The van der Waals surface area contributed by atoms with Crippen LogP contribution in [0.5, 0.6) is 0 Å². The second-order valence-electron chi connectivity index (χ2n) is 4.70. The molecular formula is C12H16N2S. The normalized spacial score (nSPS) is 21.0. The summed E-state index contributed by atoms with van der Waals surface area (Å²) < 4.78 is 0. The summed E-state index contributed by atoms with van der Waals surface area (Å²) in [6.07, 6.45) is 0. The van der Waals surface area contributed by atoms with Crippen LogP contribution < -0.4 is 5.43 Å². The molecule has 15 heavy (non-hydrogen) atoms. The van der Waals surface area contributed by atoms with E-state index < -0.39 is 0 Å². The highest BCUT2D eigenvalue weighted by atomic mass is 32.2. The van der Waals surface area contributed by atoms with Gasteiger partial charge in [0, 0.05) is 5.41 Å². The smallest absolute Gasteiger partial charge is 0.120 e. The van der Waals surface area contributed by atoms with Gasteiger partial charge in [-0.15, -0.1) is 0 Å². The van der Waals surface area contributed by atoms with E-state index in [1.54, 1.807) is 0 Å². The van der Waals surface area contributed by atoms with Gasteiger partial charge in [0.05, 0.1) is 0 Å². The molecule has 1 aromatic rings. The lowest BCUT2D eigenvalue weighted by Gasteiger charge is -2.17. The lowest BCUT2D eigenvalue weighted by molar-refractivity contribution is 0.595. The van der Waals surface area contributed by atoms with E-state index in [0.717, 1.165) is 0 Å². The van der Waals surface area contributed by atoms with Crippen molar-refractivity contribution in [1.29, 1.82) is 0 Å². The maximum absolute atomic E-state index is 4.39. The number of nitrogens with one attached hydrogen (secondary N) is 1. The first-order chi connectivity index (χ1) is 7.07. The highest BCUT2D eigenvalue weighted by molar-refractivity contribution is 8.14. The molecule has 0 radical (unpaired) electrons. The lowest BCUT2D eigenvalue weighted by atomic mass is 9.99. The molecule has 3 heteroatoms. The molecule has 2 rings (SSSR count). The highest BCUT2D eigenvalue weighted by Gasteiger charge is 2.28. The summed E-state index contributed by atoms with van der Waals surface area (Å²) in [6.45, 7) is 6.57. The van der Waals surface area contributed by atoms with Crippen molar-refractivity contribution in [3.05, 3.63) is 35.9 Å². The van der Waals surface area contributed by atoms with Crippen LogP contribution >= 0.6 is 11.8 Å². The number of benzene rings is 1. The molecule has 0 spiro atoms. The van der Waals surface area contributed by atoms with Gasteiger partial charge in [-0.05, 0) is 5.56 Å². The molecule has 0 fully saturated rings. The zero-order valence-corrected chi connectivity index (χ0v) is 10.1. The van der Waals surface area contributed by atoms with Crippen molar-refractivity contribution in [3.63, 3.8) is 0 Å². The van der Waals surface area contributed by atoms with Crippen LogP contribution in [0.25, 0.3) is 0 Å². The number of hydrogen-bond donors (Lipinski definition) is 1. The molecule has 0 saturated heterocycles. The Morgan fingerprint density at radius 2 is 1.87 bits per heavy atom. The topological polar surface area (TPSA) is 24.4 Å². The molecular weight excluding hydrogens is 204 g/mol. The van der Waals surface area contributed by atoms with Gasteiger partial charge >= 0.3 is 0 Å². The second kappa shape index (κ2) is 3.89. The zero-order chi connectivity index (χ0) is 10.9. The van der Waals surface area contributed by atoms with Crippen LogP contribution in [0, 0.1) is 5.41 Å². The summed E-state index contributed by atoms with van der Waals surface area (Å²) in [5.74, 6) is 0. The number of thioether (sulfide) groups is 1. The van der Waals surface area contributed by atoms with Crippen molar-refractivity contribution in [2.75, 3.05) is 0 Å². The predicted octanol–water partition coefficient (Wildman–Crippen LogP) is 3.38. The molecule has 1 unspecified atom stereocenters. The molecule has 0 aliphatic carbocycles. The van der Waals surface area contributed by atoms with Gasteiger partial charge in [-0.1, -0.05) is 62.9 Å². The van der Waals surface area contributed by atoms with Crippen LogP contribution in [0.15, 0.2) is 35.4 Å². The maximum Gasteiger partial charge on any atom is 0.120 e. The van der Waals surface area contributed by atoms with Crippen LogP contribution in [-0.4, -0.2) is 5.04 Å². The van der Waals surface area contributed by atoms with Gasteiger partial charge in [0.15, 0.2) is 0 Å². The summed E-state index contributed by atoms with van der Waals surface area (Å²) in [5.41, 5.74) is 4.60. The Kier molecular flexibility index (Phi) is 2.74. The third kappa shape index (κ3) is 2.34. The molecule has 1 atom stereocenters. The molecule has 1 N–H and O–H groups in total. The Morgan fingerprint density at radius 3 is 2.40 bits per heavy atom. The molecule has 0 amide bonds. The van der Waals surface area contributed by atoms with Gasteiger partial charge in [0.2, 0.25) is 0 Å². The molecule has 1 aromatic carbocycles. The van der Waals surface area contributed by atoms with Crippen molar-refractivity contribution in [3.8, 4) is 0 Å². The highest BCUT2D eigenvalue weighted by Crippen LogP contribution is 2.38. The monoisotopic (exact) mass is 220 g/mol. The van der Waals surface area contributed by atoms with Crippen molar-refractivity contribution in [2.45, 2.75) is 26.1 Å². The Labute approximate surface area is 95.2 Å². The molecule has 0 bridgehead atoms. The maximum atomic E-state index is 4.39. The summed E-state index contributed by atoms with van der Waals surface area (Å²) in [4.78, 5) is 0. The average Bonchev–Trinajstić information content (AvgIpc) is 2.67. The van der Waals surface area contributed by atoms with Crippen molar-refractivity contribution in [2.24, 2.45) is 10.5 Å². The van der Waals surface area contributed by atoms with Crippen LogP contribution in [0.1, 0.15) is 31.7 Å². The Balaban J connectivity index is 2.09. The summed E-state index contributed by atoms with van der Waals surface area (Å²) in [7, 11) is 0. The van der Waals surface area contributed by atoms with E-state index in [0.29, 0.717) is 0 Å². The Hall–Kier alpha value is -0.960. The van der Waals surface area contributed by atoms with Crippen molar-refractivity contribution >= 4 is 16.8 Å². The van der Waals surface area contributed by atoms with Gasteiger partial charge in [-0.3, -0.25) is 5.43 Å². The number of hydrazone groups is 1. The third-order valence-corrected chi connectivity index (χ3v) is 3.80. The molecule has 1 aliphatic rings. The number of nitrogens with zero attached hydrogens (tertiary/aromatic N) is 1. The standard InChI is InChI=1S/C12H16N2S/c1-12(2,3)11-14-13-10(15-11)9-7-5-4-6-8-9/h4-8,10,13H,1-3H3. The fraction of sp³-hybridized carbons (Fsp3) is 0.417. The molecule has 80 valence electrons. The van der Waals surface area contributed by atoms with E-state index in [-0.39, 0.29) is 10.8 Å². The van der Waals surface area contributed by atoms with Crippen LogP contribution in [-0.2, 0) is 0 Å². The quantitative estimate of drug-likeness (QED) is 0.784. The van der Waals surface area contributed by atoms with Gasteiger partial charge in [-0.2, -0.15) is 5.10 Å². The minimum atomic E-state index is 0.140. The number of hydrogen-bond acceptors (Lipinski definition) is 3. The minimum Gasteiger partial charge on any atom is -0.291 e. The van der Waals surface area contributed by atoms with Crippen LogP contribution in [0.3, 0.4) is 0 Å².